The molecule has 4 heteroatoms. The molecule has 0 bridgehead atoms. The van der Waals surface area contributed by atoms with Gasteiger partial charge in [0.25, 0.3) is 0 Å². The fourth-order valence-electron chi connectivity index (χ4n) is 2.72. The van der Waals surface area contributed by atoms with Crippen LogP contribution in [0.4, 0.5) is 0 Å². The SMILES string of the molecule is Cc1cc(C)c(C(=N)N)c(OC2CCC(C)CC2)n1. The van der Waals surface area contributed by atoms with Crippen LogP contribution in [0.2, 0.25) is 0 Å². The summed E-state index contributed by atoms with van der Waals surface area (Å²) in [5.41, 5.74) is 8.16. The molecule has 0 aliphatic heterocycles. The fourth-order valence-corrected chi connectivity index (χ4v) is 2.72. The summed E-state index contributed by atoms with van der Waals surface area (Å²) in [7, 11) is 0. The number of amidine groups is 1. The maximum atomic E-state index is 7.69. The zero-order valence-corrected chi connectivity index (χ0v) is 12.0. The summed E-state index contributed by atoms with van der Waals surface area (Å²) in [5, 5.41) is 7.69. The van der Waals surface area contributed by atoms with Crippen molar-refractivity contribution in [2.45, 2.75) is 52.6 Å². The number of pyridine rings is 1. The first kappa shape index (κ1) is 13.8. The van der Waals surface area contributed by atoms with Crippen molar-refractivity contribution in [1.29, 1.82) is 5.41 Å². The average molecular weight is 261 g/mol. The van der Waals surface area contributed by atoms with E-state index in [1.807, 2.05) is 19.9 Å². The molecule has 0 radical (unpaired) electrons. The number of ether oxygens (including phenoxy) is 1. The first-order valence-corrected chi connectivity index (χ1v) is 6.96. The summed E-state index contributed by atoms with van der Waals surface area (Å²) in [5.74, 6) is 1.35. The van der Waals surface area contributed by atoms with E-state index in [4.69, 9.17) is 15.9 Å². The monoisotopic (exact) mass is 261 g/mol. The molecule has 0 amide bonds. The Morgan fingerprint density at radius 1 is 1.32 bits per heavy atom. The van der Waals surface area contributed by atoms with Gasteiger partial charge in [0.15, 0.2) is 0 Å². The number of nitrogens with two attached hydrogens (primary N) is 1. The van der Waals surface area contributed by atoms with Crippen LogP contribution in [0, 0.1) is 25.2 Å². The normalized spacial score (nSPS) is 23.1. The zero-order chi connectivity index (χ0) is 14.0. The largest absolute Gasteiger partial charge is 0.474 e. The van der Waals surface area contributed by atoms with Gasteiger partial charge in [-0.05, 0) is 57.1 Å². The van der Waals surface area contributed by atoms with Crippen LogP contribution in [0.15, 0.2) is 6.07 Å². The molecular weight excluding hydrogens is 238 g/mol. The van der Waals surface area contributed by atoms with Crippen molar-refractivity contribution in [1.82, 2.24) is 4.98 Å². The average Bonchev–Trinajstić information content (AvgIpc) is 2.30. The van der Waals surface area contributed by atoms with E-state index in [0.29, 0.717) is 11.4 Å². The number of nitrogens with zero attached hydrogens (tertiary/aromatic N) is 1. The molecule has 0 saturated heterocycles. The van der Waals surface area contributed by atoms with E-state index in [1.54, 1.807) is 0 Å². The van der Waals surface area contributed by atoms with Crippen LogP contribution in [0.1, 0.15) is 49.4 Å². The Balaban J connectivity index is 2.21. The number of hydrogen-bond donors (Lipinski definition) is 2. The molecule has 2 rings (SSSR count). The van der Waals surface area contributed by atoms with E-state index in [0.717, 1.165) is 30.0 Å². The van der Waals surface area contributed by atoms with E-state index >= 15 is 0 Å². The van der Waals surface area contributed by atoms with Gasteiger partial charge in [0.1, 0.15) is 11.9 Å². The molecule has 1 heterocycles. The lowest BCUT2D eigenvalue weighted by molar-refractivity contribution is 0.129. The van der Waals surface area contributed by atoms with Crippen LogP contribution >= 0.6 is 0 Å². The summed E-state index contributed by atoms with van der Waals surface area (Å²) >= 11 is 0. The van der Waals surface area contributed by atoms with Crippen LogP contribution in [0.5, 0.6) is 5.88 Å². The van der Waals surface area contributed by atoms with Gasteiger partial charge in [-0.1, -0.05) is 6.92 Å². The van der Waals surface area contributed by atoms with Gasteiger partial charge >= 0.3 is 0 Å². The zero-order valence-electron chi connectivity index (χ0n) is 12.0. The van der Waals surface area contributed by atoms with Crippen molar-refractivity contribution >= 4 is 5.84 Å². The van der Waals surface area contributed by atoms with E-state index in [2.05, 4.69) is 11.9 Å². The molecule has 1 saturated carbocycles. The fraction of sp³-hybridized carbons (Fsp3) is 0.600. The van der Waals surface area contributed by atoms with Crippen molar-refractivity contribution in [3.8, 4) is 5.88 Å². The van der Waals surface area contributed by atoms with Gasteiger partial charge in [-0.3, -0.25) is 5.41 Å². The van der Waals surface area contributed by atoms with Crippen molar-refractivity contribution in [2.75, 3.05) is 0 Å². The second-order valence-electron chi connectivity index (χ2n) is 5.67. The van der Waals surface area contributed by atoms with Gasteiger partial charge in [0, 0.05) is 5.69 Å². The molecular formula is C15H23N3O. The van der Waals surface area contributed by atoms with Crippen LogP contribution in [0.3, 0.4) is 0 Å². The second-order valence-corrected chi connectivity index (χ2v) is 5.67. The minimum absolute atomic E-state index is 0.0316. The molecule has 4 nitrogen and oxygen atoms in total. The molecule has 1 aromatic rings. The van der Waals surface area contributed by atoms with Crippen molar-refractivity contribution < 1.29 is 4.74 Å². The molecule has 1 fully saturated rings. The Morgan fingerprint density at radius 3 is 2.53 bits per heavy atom. The molecule has 0 spiro atoms. The highest BCUT2D eigenvalue weighted by molar-refractivity contribution is 5.98. The Labute approximate surface area is 114 Å². The van der Waals surface area contributed by atoms with Crippen LogP contribution < -0.4 is 10.5 Å². The van der Waals surface area contributed by atoms with Crippen LogP contribution in [-0.2, 0) is 0 Å². The quantitative estimate of drug-likeness (QED) is 0.649. The van der Waals surface area contributed by atoms with Gasteiger partial charge in [-0.25, -0.2) is 4.98 Å². The van der Waals surface area contributed by atoms with Gasteiger partial charge in [0.05, 0.1) is 5.56 Å². The summed E-state index contributed by atoms with van der Waals surface area (Å²) in [6.07, 6.45) is 4.74. The molecule has 1 aromatic heterocycles. The molecule has 1 aliphatic carbocycles. The number of hydrogen-bond acceptors (Lipinski definition) is 3. The lowest BCUT2D eigenvalue weighted by atomic mass is 9.89. The van der Waals surface area contributed by atoms with E-state index in [-0.39, 0.29) is 11.9 Å². The Bertz CT molecular complexity index is 477. The lowest BCUT2D eigenvalue weighted by Crippen LogP contribution is -2.25. The van der Waals surface area contributed by atoms with E-state index in [9.17, 15) is 0 Å². The number of nitrogens with one attached hydrogen (secondary N) is 1. The topological polar surface area (TPSA) is 72.0 Å². The minimum atomic E-state index is 0.0316. The summed E-state index contributed by atoms with van der Waals surface area (Å²) in [6.45, 7) is 6.17. The van der Waals surface area contributed by atoms with Gasteiger partial charge in [-0.15, -0.1) is 0 Å². The third-order valence-electron chi connectivity index (χ3n) is 3.82. The Kier molecular flexibility index (Phi) is 4.08. The van der Waals surface area contributed by atoms with Crippen LogP contribution in [0.25, 0.3) is 0 Å². The van der Waals surface area contributed by atoms with E-state index in [1.165, 1.54) is 12.8 Å². The predicted molar refractivity (Wildman–Crippen MR) is 76.8 cm³/mol. The third kappa shape index (κ3) is 3.25. The molecule has 0 aromatic carbocycles. The smallest absolute Gasteiger partial charge is 0.225 e. The highest BCUT2D eigenvalue weighted by Gasteiger charge is 2.22. The van der Waals surface area contributed by atoms with Gasteiger partial charge < -0.3 is 10.5 Å². The first-order valence-electron chi connectivity index (χ1n) is 6.96. The molecule has 1 aliphatic rings. The summed E-state index contributed by atoms with van der Waals surface area (Å²) in [4.78, 5) is 4.43. The molecule has 104 valence electrons. The maximum Gasteiger partial charge on any atom is 0.225 e. The first-order chi connectivity index (χ1) is 8.97. The minimum Gasteiger partial charge on any atom is -0.474 e. The van der Waals surface area contributed by atoms with Crippen molar-refractivity contribution in [3.63, 3.8) is 0 Å². The summed E-state index contributed by atoms with van der Waals surface area (Å²) in [6, 6.07) is 1.94. The number of nitrogen functional groups attached to an aromatic ring is 1. The van der Waals surface area contributed by atoms with Crippen molar-refractivity contribution in [2.24, 2.45) is 11.7 Å². The predicted octanol–water partition coefficient (Wildman–Crippen LogP) is 2.94. The number of rotatable bonds is 3. The summed E-state index contributed by atoms with van der Waals surface area (Å²) < 4.78 is 6.03. The van der Waals surface area contributed by atoms with Crippen LogP contribution in [-0.4, -0.2) is 16.9 Å². The number of aryl methyl sites for hydroxylation is 2. The highest BCUT2D eigenvalue weighted by atomic mass is 16.5. The Hall–Kier alpha value is -1.58. The van der Waals surface area contributed by atoms with Crippen molar-refractivity contribution in [3.05, 3.63) is 22.9 Å². The van der Waals surface area contributed by atoms with Gasteiger partial charge in [-0.2, -0.15) is 0 Å². The third-order valence-corrected chi connectivity index (χ3v) is 3.82. The highest BCUT2D eigenvalue weighted by Crippen LogP contribution is 2.29. The second kappa shape index (κ2) is 5.59. The maximum absolute atomic E-state index is 7.69. The molecule has 0 unspecified atom stereocenters. The van der Waals surface area contributed by atoms with E-state index < -0.39 is 0 Å². The standard InChI is InChI=1S/C15H23N3O/c1-9-4-6-12(7-5-9)19-15-13(14(16)17)10(2)8-11(3)18-15/h8-9,12H,4-7H2,1-3H3,(H3,16,17). The lowest BCUT2D eigenvalue weighted by Gasteiger charge is -2.27. The Morgan fingerprint density at radius 2 is 1.95 bits per heavy atom. The molecule has 3 N–H and O–H groups in total. The van der Waals surface area contributed by atoms with Gasteiger partial charge in [0.2, 0.25) is 5.88 Å². The molecule has 0 atom stereocenters. The number of aromatic nitrogens is 1. The molecule has 19 heavy (non-hydrogen) atoms.